The van der Waals surface area contributed by atoms with Crippen molar-refractivity contribution in [2.75, 3.05) is 64.3 Å². The Labute approximate surface area is 216 Å². The van der Waals surface area contributed by atoms with Crippen LogP contribution in [0.4, 0.5) is 5.69 Å². The van der Waals surface area contributed by atoms with Crippen LogP contribution in [-0.4, -0.2) is 81.2 Å². The SMILES string of the molecule is C=C(C)CN1CCC(NC(=NCc2c(Cl)cccc2N2CCN(C)CC2)NCC)CC1.I. The molecule has 0 saturated carbocycles. The topological polar surface area (TPSA) is 46.1 Å². The van der Waals surface area contributed by atoms with Gasteiger partial charge in [0.05, 0.1) is 6.54 Å². The van der Waals surface area contributed by atoms with E-state index < -0.39 is 0 Å². The maximum Gasteiger partial charge on any atom is 0.191 e. The number of anilines is 1. The Hall–Kier alpha value is -1.03. The van der Waals surface area contributed by atoms with Gasteiger partial charge in [0.1, 0.15) is 0 Å². The monoisotopic (exact) mass is 574 g/mol. The van der Waals surface area contributed by atoms with Gasteiger partial charge in [-0.15, -0.1) is 24.0 Å². The summed E-state index contributed by atoms with van der Waals surface area (Å²) in [5.41, 5.74) is 3.56. The van der Waals surface area contributed by atoms with Gasteiger partial charge in [0.2, 0.25) is 0 Å². The maximum atomic E-state index is 6.63. The molecule has 2 aliphatic rings. The number of hydrogen-bond donors (Lipinski definition) is 2. The van der Waals surface area contributed by atoms with E-state index in [1.165, 1.54) is 11.3 Å². The predicted octanol–water partition coefficient (Wildman–Crippen LogP) is 3.81. The van der Waals surface area contributed by atoms with E-state index in [0.29, 0.717) is 12.6 Å². The fourth-order valence-electron chi connectivity index (χ4n) is 4.34. The first kappa shape index (κ1) is 27.2. The molecular weight excluding hydrogens is 535 g/mol. The van der Waals surface area contributed by atoms with Crippen molar-refractivity contribution < 1.29 is 0 Å². The fourth-order valence-corrected chi connectivity index (χ4v) is 4.57. The standard InChI is InChI=1S/C24H39ClN6.HI/c1-5-26-24(28-20-9-11-30(12-10-20)18-19(2)3)27-17-21-22(25)7-6-8-23(21)31-15-13-29(4)14-16-31;/h6-8,20H,2,5,9-18H2,1,3-4H3,(H2,26,27,28);1H. The van der Waals surface area contributed by atoms with Crippen molar-refractivity contribution in [1.82, 2.24) is 20.4 Å². The smallest absolute Gasteiger partial charge is 0.191 e. The third kappa shape index (κ3) is 8.08. The molecule has 2 saturated heterocycles. The van der Waals surface area contributed by atoms with E-state index in [0.717, 1.165) is 81.7 Å². The average molecular weight is 575 g/mol. The van der Waals surface area contributed by atoms with E-state index >= 15 is 0 Å². The Morgan fingerprint density at radius 2 is 1.84 bits per heavy atom. The van der Waals surface area contributed by atoms with E-state index in [1.807, 2.05) is 12.1 Å². The zero-order valence-corrected chi connectivity index (χ0v) is 23.0. The van der Waals surface area contributed by atoms with Crippen LogP contribution < -0.4 is 15.5 Å². The number of halogens is 2. The molecule has 1 aromatic carbocycles. The van der Waals surface area contributed by atoms with E-state index in [1.54, 1.807) is 0 Å². The molecular formula is C24H40ClIN6. The number of rotatable bonds is 7. The largest absolute Gasteiger partial charge is 0.369 e. The third-order valence-corrected chi connectivity index (χ3v) is 6.45. The molecule has 2 aliphatic heterocycles. The Bertz CT molecular complexity index is 755. The van der Waals surface area contributed by atoms with Gasteiger partial charge in [-0.1, -0.05) is 29.8 Å². The lowest BCUT2D eigenvalue weighted by atomic mass is 10.0. The summed E-state index contributed by atoms with van der Waals surface area (Å²) in [7, 11) is 2.18. The highest BCUT2D eigenvalue weighted by Crippen LogP contribution is 2.29. The zero-order valence-electron chi connectivity index (χ0n) is 19.9. The van der Waals surface area contributed by atoms with Crippen LogP contribution in [0.2, 0.25) is 5.02 Å². The van der Waals surface area contributed by atoms with Crippen molar-refractivity contribution in [3.63, 3.8) is 0 Å². The Morgan fingerprint density at radius 3 is 2.47 bits per heavy atom. The van der Waals surface area contributed by atoms with Gasteiger partial charge < -0.3 is 20.4 Å². The van der Waals surface area contributed by atoms with Crippen LogP contribution in [0.5, 0.6) is 0 Å². The lowest BCUT2D eigenvalue weighted by molar-refractivity contribution is 0.221. The summed E-state index contributed by atoms with van der Waals surface area (Å²) in [6.07, 6.45) is 2.24. The van der Waals surface area contributed by atoms with Gasteiger partial charge in [-0.05, 0) is 45.9 Å². The molecule has 1 aromatic rings. The van der Waals surface area contributed by atoms with Gasteiger partial charge in [0, 0.05) is 74.7 Å². The number of nitrogens with zero attached hydrogens (tertiary/aromatic N) is 4. The van der Waals surface area contributed by atoms with Gasteiger partial charge in [-0.25, -0.2) is 4.99 Å². The number of aliphatic imine (C=N–C) groups is 1. The van der Waals surface area contributed by atoms with E-state index in [-0.39, 0.29) is 24.0 Å². The normalized spacial score (nSPS) is 18.9. The molecule has 0 amide bonds. The van der Waals surface area contributed by atoms with Crippen molar-refractivity contribution in [2.24, 2.45) is 4.99 Å². The molecule has 0 aromatic heterocycles. The van der Waals surface area contributed by atoms with Gasteiger partial charge >= 0.3 is 0 Å². The lowest BCUT2D eigenvalue weighted by Gasteiger charge is -2.35. The number of likely N-dealkylation sites (tertiary alicyclic amines) is 1. The second-order valence-electron chi connectivity index (χ2n) is 8.87. The van der Waals surface area contributed by atoms with Crippen molar-refractivity contribution in [3.05, 3.63) is 40.9 Å². The minimum Gasteiger partial charge on any atom is -0.369 e. The highest BCUT2D eigenvalue weighted by molar-refractivity contribution is 14.0. The van der Waals surface area contributed by atoms with E-state index in [2.05, 4.69) is 58.9 Å². The maximum absolute atomic E-state index is 6.63. The lowest BCUT2D eigenvalue weighted by Crippen LogP contribution is -2.48. The van der Waals surface area contributed by atoms with Crippen molar-refractivity contribution in [2.45, 2.75) is 39.3 Å². The van der Waals surface area contributed by atoms with E-state index in [9.17, 15) is 0 Å². The first-order valence-corrected chi connectivity index (χ1v) is 12.0. The molecule has 180 valence electrons. The number of piperazine rings is 1. The van der Waals surface area contributed by atoms with Crippen LogP contribution in [-0.2, 0) is 6.54 Å². The minimum absolute atomic E-state index is 0. The zero-order chi connectivity index (χ0) is 22.2. The van der Waals surface area contributed by atoms with Crippen molar-refractivity contribution >= 4 is 47.2 Å². The molecule has 8 heteroatoms. The molecule has 2 N–H and O–H groups in total. The molecule has 0 spiro atoms. The molecule has 2 heterocycles. The second-order valence-corrected chi connectivity index (χ2v) is 9.28. The number of benzene rings is 1. The van der Waals surface area contributed by atoms with Gasteiger partial charge in [-0.2, -0.15) is 0 Å². The summed E-state index contributed by atoms with van der Waals surface area (Å²) in [6.45, 7) is 17.1. The molecule has 0 radical (unpaired) electrons. The number of likely N-dealkylation sites (N-methyl/N-ethyl adjacent to an activating group) is 1. The minimum atomic E-state index is 0. The highest BCUT2D eigenvalue weighted by Gasteiger charge is 2.21. The van der Waals surface area contributed by atoms with Crippen LogP contribution >= 0.6 is 35.6 Å². The third-order valence-electron chi connectivity index (χ3n) is 6.10. The van der Waals surface area contributed by atoms with Crippen molar-refractivity contribution in [1.29, 1.82) is 0 Å². The van der Waals surface area contributed by atoms with E-state index in [4.69, 9.17) is 16.6 Å². The molecule has 6 nitrogen and oxygen atoms in total. The predicted molar refractivity (Wildman–Crippen MR) is 149 cm³/mol. The Balaban J connectivity index is 0.00000363. The molecule has 0 aliphatic carbocycles. The Kier molecular flexibility index (Phi) is 11.6. The molecule has 32 heavy (non-hydrogen) atoms. The van der Waals surface area contributed by atoms with Gasteiger partial charge in [0.25, 0.3) is 0 Å². The first-order valence-electron chi connectivity index (χ1n) is 11.6. The van der Waals surface area contributed by atoms with Gasteiger partial charge in [0.15, 0.2) is 5.96 Å². The van der Waals surface area contributed by atoms with Crippen LogP contribution in [0.1, 0.15) is 32.3 Å². The quantitative estimate of drug-likeness (QED) is 0.225. The fraction of sp³-hybridized carbons (Fsp3) is 0.625. The summed E-state index contributed by atoms with van der Waals surface area (Å²) in [4.78, 5) is 12.2. The number of guanidine groups is 1. The average Bonchev–Trinajstić information content (AvgIpc) is 2.74. The summed E-state index contributed by atoms with van der Waals surface area (Å²) < 4.78 is 0. The van der Waals surface area contributed by atoms with Crippen molar-refractivity contribution in [3.8, 4) is 0 Å². The first-order chi connectivity index (χ1) is 15.0. The van der Waals surface area contributed by atoms with Crippen LogP contribution in [0.25, 0.3) is 0 Å². The van der Waals surface area contributed by atoms with Gasteiger partial charge in [-0.3, -0.25) is 4.90 Å². The second kappa shape index (κ2) is 13.6. The summed E-state index contributed by atoms with van der Waals surface area (Å²) in [5.74, 6) is 0.880. The van der Waals surface area contributed by atoms with Crippen LogP contribution in [0.3, 0.4) is 0 Å². The number of nitrogens with one attached hydrogen (secondary N) is 2. The number of hydrogen-bond acceptors (Lipinski definition) is 4. The molecule has 3 rings (SSSR count). The highest BCUT2D eigenvalue weighted by atomic mass is 127. The summed E-state index contributed by atoms with van der Waals surface area (Å²) >= 11 is 6.63. The number of piperidine rings is 1. The summed E-state index contributed by atoms with van der Waals surface area (Å²) in [5, 5.41) is 7.86. The van der Waals surface area contributed by atoms with Crippen LogP contribution in [0, 0.1) is 0 Å². The molecule has 0 bridgehead atoms. The molecule has 2 fully saturated rings. The molecule has 0 atom stereocenters. The summed E-state index contributed by atoms with van der Waals surface area (Å²) in [6, 6.07) is 6.65. The van der Waals surface area contributed by atoms with Crippen LogP contribution in [0.15, 0.2) is 35.3 Å². The Morgan fingerprint density at radius 1 is 1.16 bits per heavy atom. The molecule has 0 unspecified atom stereocenters.